The van der Waals surface area contributed by atoms with Gasteiger partial charge in [0.1, 0.15) is 0 Å². The summed E-state index contributed by atoms with van der Waals surface area (Å²) in [7, 11) is 0. The van der Waals surface area contributed by atoms with Crippen LogP contribution in [-0.4, -0.2) is 21.9 Å². The van der Waals surface area contributed by atoms with Crippen LogP contribution in [0.2, 0.25) is 0 Å². The number of halogens is 3. The first-order chi connectivity index (χ1) is 9.86. The second kappa shape index (κ2) is 6.17. The summed E-state index contributed by atoms with van der Waals surface area (Å²) < 4.78 is 43.3. The number of hydrogen-bond donors (Lipinski definition) is 1. The molecule has 1 N–H and O–H groups in total. The zero-order chi connectivity index (χ0) is 15.5. The minimum atomic E-state index is -4.53. The van der Waals surface area contributed by atoms with Gasteiger partial charge in [-0.05, 0) is 12.1 Å². The summed E-state index contributed by atoms with van der Waals surface area (Å²) in [4.78, 5) is 11.7. The number of nitrogens with zero attached hydrogens (tertiary/aromatic N) is 2. The number of nitrogens with one attached hydrogen (secondary N) is 1. The number of hydrogen-bond acceptors (Lipinski definition) is 5. The predicted molar refractivity (Wildman–Crippen MR) is 69.8 cm³/mol. The van der Waals surface area contributed by atoms with Gasteiger partial charge in [0, 0.05) is 6.92 Å². The fourth-order valence-corrected chi connectivity index (χ4v) is 2.09. The highest BCUT2D eigenvalue weighted by Crippen LogP contribution is 2.34. The summed E-state index contributed by atoms with van der Waals surface area (Å²) in [6.07, 6.45) is -4.53. The summed E-state index contributed by atoms with van der Waals surface area (Å²) >= 11 is 0.948. The maximum Gasteiger partial charge on any atom is 0.418 e. The van der Waals surface area contributed by atoms with E-state index in [1.54, 1.807) is 6.92 Å². The standard InChI is InChI=1S/C12H10F3N3O2S/c1-7-17-18-11(20-7)21-6-10(19)16-9-5-3-2-4-8(9)12(13,14)15/h2-5H,6H2,1H3,(H,16,19). The van der Waals surface area contributed by atoms with Gasteiger partial charge >= 0.3 is 6.18 Å². The van der Waals surface area contributed by atoms with Crippen molar-refractivity contribution in [3.05, 3.63) is 35.7 Å². The largest absolute Gasteiger partial charge is 0.418 e. The van der Waals surface area contributed by atoms with Crippen molar-refractivity contribution in [1.29, 1.82) is 0 Å². The summed E-state index contributed by atoms with van der Waals surface area (Å²) in [5.41, 5.74) is -1.17. The fraction of sp³-hybridized carbons (Fsp3) is 0.250. The van der Waals surface area contributed by atoms with Crippen molar-refractivity contribution >= 4 is 23.4 Å². The minimum Gasteiger partial charge on any atom is -0.416 e. The number of benzene rings is 1. The highest BCUT2D eigenvalue weighted by molar-refractivity contribution is 7.99. The quantitative estimate of drug-likeness (QED) is 0.878. The zero-order valence-electron chi connectivity index (χ0n) is 10.8. The molecule has 0 saturated heterocycles. The molecule has 1 heterocycles. The normalized spacial score (nSPS) is 11.4. The average Bonchev–Trinajstić information content (AvgIpc) is 2.82. The number of rotatable bonds is 4. The first-order valence-corrected chi connectivity index (χ1v) is 6.74. The van der Waals surface area contributed by atoms with E-state index in [0.717, 1.165) is 17.8 Å². The molecule has 0 spiro atoms. The van der Waals surface area contributed by atoms with Crippen molar-refractivity contribution in [2.75, 3.05) is 11.1 Å². The number of amides is 1. The minimum absolute atomic E-state index is 0.131. The molecule has 2 aromatic rings. The van der Waals surface area contributed by atoms with Crippen LogP contribution < -0.4 is 5.32 Å². The molecule has 21 heavy (non-hydrogen) atoms. The number of aromatic nitrogens is 2. The molecule has 0 atom stereocenters. The van der Waals surface area contributed by atoms with Gasteiger partial charge in [0.05, 0.1) is 17.0 Å². The van der Waals surface area contributed by atoms with Gasteiger partial charge in [0.15, 0.2) is 0 Å². The molecule has 0 fully saturated rings. The Morgan fingerprint density at radius 1 is 1.33 bits per heavy atom. The molecule has 0 radical (unpaired) electrons. The van der Waals surface area contributed by atoms with Gasteiger partial charge < -0.3 is 9.73 Å². The van der Waals surface area contributed by atoms with Crippen LogP contribution >= 0.6 is 11.8 Å². The summed E-state index contributed by atoms with van der Waals surface area (Å²) in [5, 5.41) is 9.66. The second-order valence-electron chi connectivity index (χ2n) is 3.97. The lowest BCUT2D eigenvalue weighted by Gasteiger charge is -2.13. The highest BCUT2D eigenvalue weighted by Gasteiger charge is 2.33. The molecule has 0 bridgehead atoms. The maximum absolute atomic E-state index is 12.8. The topological polar surface area (TPSA) is 68.0 Å². The molecular formula is C12H10F3N3O2S. The highest BCUT2D eigenvalue weighted by atomic mass is 32.2. The van der Waals surface area contributed by atoms with E-state index in [1.165, 1.54) is 18.2 Å². The van der Waals surface area contributed by atoms with Crippen molar-refractivity contribution in [1.82, 2.24) is 10.2 Å². The lowest BCUT2D eigenvalue weighted by atomic mass is 10.1. The van der Waals surface area contributed by atoms with Gasteiger partial charge in [-0.3, -0.25) is 4.79 Å². The van der Waals surface area contributed by atoms with Crippen LogP contribution in [-0.2, 0) is 11.0 Å². The van der Waals surface area contributed by atoms with E-state index in [9.17, 15) is 18.0 Å². The van der Waals surface area contributed by atoms with Gasteiger partial charge in [-0.25, -0.2) is 0 Å². The van der Waals surface area contributed by atoms with E-state index < -0.39 is 17.6 Å². The molecule has 0 aliphatic rings. The lowest BCUT2D eigenvalue weighted by Crippen LogP contribution is -2.18. The Morgan fingerprint density at radius 2 is 2.05 bits per heavy atom. The van der Waals surface area contributed by atoms with E-state index in [1.807, 2.05) is 0 Å². The molecular weight excluding hydrogens is 307 g/mol. The van der Waals surface area contributed by atoms with E-state index >= 15 is 0 Å². The van der Waals surface area contributed by atoms with E-state index in [-0.39, 0.29) is 16.7 Å². The molecule has 0 saturated carbocycles. The lowest BCUT2D eigenvalue weighted by molar-refractivity contribution is -0.137. The monoisotopic (exact) mass is 317 g/mol. The number of carbonyl (C=O) groups is 1. The van der Waals surface area contributed by atoms with E-state index in [4.69, 9.17) is 4.42 Å². The van der Waals surface area contributed by atoms with Crippen molar-refractivity contribution in [3.8, 4) is 0 Å². The zero-order valence-corrected chi connectivity index (χ0v) is 11.6. The Morgan fingerprint density at radius 3 is 2.67 bits per heavy atom. The third-order valence-corrected chi connectivity index (χ3v) is 3.16. The molecule has 112 valence electrons. The van der Waals surface area contributed by atoms with Crippen molar-refractivity contribution in [2.45, 2.75) is 18.3 Å². The number of thioether (sulfide) groups is 1. The molecule has 0 aliphatic heterocycles. The third kappa shape index (κ3) is 4.22. The molecule has 0 unspecified atom stereocenters. The molecule has 1 aromatic carbocycles. The molecule has 0 aliphatic carbocycles. The molecule has 9 heteroatoms. The Labute approximate surface area is 121 Å². The van der Waals surface area contributed by atoms with Crippen LogP contribution in [0.4, 0.5) is 18.9 Å². The molecule has 2 rings (SSSR count). The molecule has 5 nitrogen and oxygen atoms in total. The van der Waals surface area contributed by atoms with Crippen LogP contribution in [0.5, 0.6) is 0 Å². The first-order valence-electron chi connectivity index (χ1n) is 5.75. The Hall–Kier alpha value is -2.03. The SMILES string of the molecule is Cc1nnc(SCC(=O)Nc2ccccc2C(F)(F)F)o1. The Balaban J connectivity index is 2.00. The number of aryl methyl sites for hydroxylation is 1. The van der Waals surface area contributed by atoms with Gasteiger partial charge in [-0.15, -0.1) is 10.2 Å². The van der Waals surface area contributed by atoms with Gasteiger partial charge in [0.2, 0.25) is 11.8 Å². The number of alkyl halides is 3. The molecule has 1 amide bonds. The number of carbonyl (C=O) groups excluding carboxylic acids is 1. The summed E-state index contributed by atoms with van der Waals surface area (Å²) in [6, 6.07) is 4.78. The van der Waals surface area contributed by atoms with E-state index in [2.05, 4.69) is 15.5 Å². The number of anilines is 1. The van der Waals surface area contributed by atoms with Crippen LogP contribution in [0.25, 0.3) is 0 Å². The van der Waals surface area contributed by atoms with Crippen molar-refractivity contribution in [2.24, 2.45) is 0 Å². The fourth-order valence-electron chi connectivity index (χ4n) is 1.49. The summed E-state index contributed by atoms with van der Waals surface area (Å²) in [6.45, 7) is 1.59. The van der Waals surface area contributed by atoms with Crippen molar-refractivity contribution in [3.63, 3.8) is 0 Å². The van der Waals surface area contributed by atoms with Crippen molar-refractivity contribution < 1.29 is 22.4 Å². The van der Waals surface area contributed by atoms with Crippen LogP contribution in [0.15, 0.2) is 33.9 Å². The number of para-hydroxylation sites is 1. The average molecular weight is 317 g/mol. The smallest absolute Gasteiger partial charge is 0.416 e. The first kappa shape index (κ1) is 15.4. The molecule has 1 aromatic heterocycles. The van der Waals surface area contributed by atoms with Crippen LogP contribution in [0, 0.1) is 6.92 Å². The Kier molecular flexibility index (Phi) is 4.51. The maximum atomic E-state index is 12.8. The van der Waals surface area contributed by atoms with Crippen LogP contribution in [0.1, 0.15) is 11.5 Å². The van der Waals surface area contributed by atoms with Gasteiger partial charge in [-0.1, -0.05) is 23.9 Å². The van der Waals surface area contributed by atoms with Gasteiger partial charge in [-0.2, -0.15) is 13.2 Å². The van der Waals surface area contributed by atoms with Gasteiger partial charge in [0.25, 0.3) is 5.22 Å². The third-order valence-electron chi connectivity index (χ3n) is 2.34. The predicted octanol–water partition coefficient (Wildman–Crippen LogP) is 3.13. The Bertz CT molecular complexity index is 643. The summed E-state index contributed by atoms with van der Waals surface area (Å²) in [5.74, 6) is -0.374. The second-order valence-corrected chi connectivity index (χ2v) is 4.89. The van der Waals surface area contributed by atoms with Crippen LogP contribution in [0.3, 0.4) is 0 Å². The van der Waals surface area contributed by atoms with E-state index in [0.29, 0.717) is 5.89 Å².